The number of carbonyl (C=O) groups excluding carboxylic acids is 1. The number of ether oxygens (including phenoxy) is 3. The Hall–Kier alpha value is -2.73. The summed E-state index contributed by atoms with van der Waals surface area (Å²) in [4.78, 5) is 15.1. The number of nitrogens with zero attached hydrogens (tertiary/aromatic N) is 1. The van der Waals surface area contributed by atoms with Crippen molar-refractivity contribution >= 4 is 5.91 Å². The Morgan fingerprint density at radius 2 is 1.93 bits per heavy atom. The lowest BCUT2D eigenvalue weighted by Gasteiger charge is -2.35. The van der Waals surface area contributed by atoms with Gasteiger partial charge >= 0.3 is 0 Å². The van der Waals surface area contributed by atoms with Crippen LogP contribution in [0.25, 0.3) is 0 Å². The van der Waals surface area contributed by atoms with E-state index in [0.717, 1.165) is 30.2 Å². The van der Waals surface area contributed by atoms with Crippen molar-refractivity contribution in [3.63, 3.8) is 0 Å². The number of benzene rings is 2. The molecule has 4 rings (SSSR count). The Labute approximate surface area is 165 Å². The van der Waals surface area contributed by atoms with Crippen molar-refractivity contribution < 1.29 is 19.0 Å². The topological polar surface area (TPSA) is 60.0 Å². The van der Waals surface area contributed by atoms with E-state index in [1.54, 1.807) is 19.2 Å². The molecule has 1 atom stereocenters. The van der Waals surface area contributed by atoms with Gasteiger partial charge in [0.1, 0.15) is 5.75 Å². The molecule has 6 heteroatoms. The van der Waals surface area contributed by atoms with Gasteiger partial charge in [-0.15, -0.1) is 0 Å². The third kappa shape index (κ3) is 4.07. The van der Waals surface area contributed by atoms with Crippen LogP contribution >= 0.6 is 0 Å². The van der Waals surface area contributed by atoms with Crippen molar-refractivity contribution in [3.05, 3.63) is 53.6 Å². The van der Waals surface area contributed by atoms with E-state index in [0.29, 0.717) is 17.9 Å². The Morgan fingerprint density at radius 3 is 2.75 bits per heavy atom. The van der Waals surface area contributed by atoms with Gasteiger partial charge in [0.2, 0.25) is 6.79 Å². The van der Waals surface area contributed by atoms with Crippen molar-refractivity contribution in [1.29, 1.82) is 0 Å². The minimum Gasteiger partial charge on any atom is -0.497 e. The maximum Gasteiger partial charge on any atom is 0.251 e. The quantitative estimate of drug-likeness (QED) is 0.830. The van der Waals surface area contributed by atoms with Crippen molar-refractivity contribution in [3.8, 4) is 17.2 Å². The number of hydrogen-bond donors (Lipinski definition) is 1. The predicted molar refractivity (Wildman–Crippen MR) is 106 cm³/mol. The number of rotatable bonds is 6. The van der Waals surface area contributed by atoms with Gasteiger partial charge in [-0.3, -0.25) is 9.69 Å². The second kappa shape index (κ2) is 8.52. The van der Waals surface area contributed by atoms with Gasteiger partial charge in [0.25, 0.3) is 5.91 Å². The van der Waals surface area contributed by atoms with Crippen LogP contribution in [0.4, 0.5) is 0 Å². The molecule has 1 unspecified atom stereocenters. The van der Waals surface area contributed by atoms with Gasteiger partial charge in [-0.05, 0) is 61.8 Å². The number of likely N-dealkylation sites (tertiary alicyclic amines) is 1. The fraction of sp³-hybridized carbons (Fsp3) is 0.409. The molecule has 0 radical (unpaired) electrons. The van der Waals surface area contributed by atoms with Crippen LogP contribution in [0.15, 0.2) is 42.5 Å². The maximum atomic E-state index is 12.7. The largest absolute Gasteiger partial charge is 0.497 e. The van der Waals surface area contributed by atoms with Gasteiger partial charge in [0.15, 0.2) is 11.5 Å². The highest BCUT2D eigenvalue weighted by atomic mass is 16.7. The molecule has 6 nitrogen and oxygen atoms in total. The molecule has 1 fully saturated rings. The molecule has 0 saturated carbocycles. The highest BCUT2D eigenvalue weighted by Gasteiger charge is 2.25. The number of fused-ring (bicyclic) bond motifs is 1. The summed E-state index contributed by atoms with van der Waals surface area (Å²) in [6.07, 6.45) is 3.64. The summed E-state index contributed by atoms with van der Waals surface area (Å²) in [5.41, 5.74) is 1.74. The first-order valence-corrected chi connectivity index (χ1v) is 9.80. The van der Waals surface area contributed by atoms with Gasteiger partial charge < -0.3 is 19.5 Å². The van der Waals surface area contributed by atoms with E-state index >= 15 is 0 Å². The minimum atomic E-state index is -0.0957. The van der Waals surface area contributed by atoms with Crippen LogP contribution in [0.5, 0.6) is 17.2 Å². The molecule has 148 valence electrons. The predicted octanol–water partition coefficient (Wildman–Crippen LogP) is 3.38. The average Bonchev–Trinajstić information content (AvgIpc) is 3.22. The number of amides is 1. The molecule has 0 aliphatic carbocycles. The zero-order valence-electron chi connectivity index (χ0n) is 16.1. The van der Waals surface area contributed by atoms with E-state index in [1.165, 1.54) is 19.3 Å². The van der Waals surface area contributed by atoms with E-state index in [-0.39, 0.29) is 18.7 Å². The van der Waals surface area contributed by atoms with E-state index in [2.05, 4.69) is 16.3 Å². The molecular weight excluding hydrogens is 356 g/mol. The normalized spacial score (nSPS) is 17.2. The van der Waals surface area contributed by atoms with Gasteiger partial charge in [0, 0.05) is 12.1 Å². The van der Waals surface area contributed by atoms with Crippen LogP contribution in [0, 0.1) is 0 Å². The SMILES string of the molecule is COc1cccc(C(=O)NCC(c2ccc3c(c2)OCO3)N2CCCCC2)c1. The average molecular weight is 382 g/mol. The molecule has 0 spiro atoms. The standard InChI is InChI=1S/C22H26N2O4/c1-26-18-7-5-6-17(12-18)22(25)23-14-19(24-10-3-2-4-11-24)16-8-9-20-21(13-16)28-15-27-20/h5-9,12-13,19H,2-4,10-11,14-15H2,1H3,(H,23,25). The summed E-state index contributed by atoms with van der Waals surface area (Å²) >= 11 is 0. The summed E-state index contributed by atoms with van der Waals surface area (Å²) in [5, 5.41) is 3.11. The van der Waals surface area contributed by atoms with Crippen LogP contribution in [0.3, 0.4) is 0 Å². The Bertz CT molecular complexity index is 833. The Kier molecular flexibility index (Phi) is 5.67. The smallest absolute Gasteiger partial charge is 0.251 e. The third-order valence-electron chi connectivity index (χ3n) is 5.40. The number of piperidine rings is 1. The van der Waals surface area contributed by atoms with Gasteiger partial charge in [-0.25, -0.2) is 0 Å². The second-order valence-corrected chi connectivity index (χ2v) is 7.17. The van der Waals surface area contributed by atoms with Crippen LogP contribution in [-0.4, -0.2) is 44.3 Å². The Balaban J connectivity index is 1.51. The lowest BCUT2D eigenvalue weighted by atomic mass is 10.0. The van der Waals surface area contributed by atoms with Crippen LogP contribution in [0.2, 0.25) is 0 Å². The first-order chi connectivity index (χ1) is 13.7. The molecule has 2 heterocycles. The highest BCUT2D eigenvalue weighted by molar-refractivity contribution is 5.94. The van der Waals surface area contributed by atoms with Crippen LogP contribution < -0.4 is 19.5 Å². The number of methoxy groups -OCH3 is 1. The lowest BCUT2D eigenvalue weighted by Crippen LogP contribution is -2.40. The molecule has 0 aromatic heterocycles. The van der Waals surface area contributed by atoms with E-state index in [4.69, 9.17) is 14.2 Å². The maximum absolute atomic E-state index is 12.7. The van der Waals surface area contributed by atoms with Crippen molar-refractivity contribution in [2.24, 2.45) is 0 Å². The molecule has 2 aromatic rings. The minimum absolute atomic E-state index is 0.0957. The summed E-state index contributed by atoms with van der Waals surface area (Å²) in [6, 6.07) is 13.4. The summed E-state index contributed by atoms with van der Waals surface area (Å²) < 4.78 is 16.2. The van der Waals surface area contributed by atoms with Gasteiger partial charge in [-0.2, -0.15) is 0 Å². The summed E-state index contributed by atoms with van der Waals surface area (Å²) in [5.74, 6) is 2.14. The van der Waals surface area contributed by atoms with Gasteiger partial charge in [-0.1, -0.05) is 18.6 Å². The number of hydrogen-bond acceptors (Lipinski definition) is 5. The van der Waals surface area contributed by atoms with E-state index in [9.17, 15) is 4.79 Å². The molecule has 28 heavy (non-hydrogen) atoms. The second-order valence-electron chi connectivity index (χ2n) is 7.17. The molecule has 1 N–H and O–H groups in total. The molecule has 2 aliphatic heterocycles. The fourth-order valence-corrected chi connectivity index (χ4v) is 3.86. The first kappa shape index (κ1) is 18.6. The molecule has 1 saturated heterocycles. The van der Waals surface area contributed by atoms with Crippen molar-refractivity contribution in [2.45, 2.75) is 25.3 Å². The van der Waals surface area contributed by atoms with Crippen molar-refractivity contribution in [2.75, 3.05) is 33.5 Å². The van der Waals surface area contributed by atoms with Crippen LogP contribution in [0.1, 0.15) is 41.2 Å². The molecule has 1 amide bonds. The van der Waals surface area contributed by atoms with Gasteiger partial charge in [0.05, 0.1) is 13.2 Å². The van der Waals surface area contributed by atoms with E-state index < -0.39 is 0 Å². The Morgan fingerprint density at radius 1 is 1.11 bits per heavy atom. The molecule has 2 aliphatic rings. The monoisotopic (exact) mass is 382 g/mol. The molecule has 0 bridgehead atoms. The number of nitrogens with one attached hydrogen (secondary N) is 1. The van der Waals surface area contributed by atoms with Crippen LogP contribution in [-0.2, 0) is 0 Å². The lowest BCUT2D eigenvalue weighted by molar-refractivity contribution is 0.0924. The fourth-order valence-electron chi connectivity index (χ4n) is 3.86. The van der Waals surface area contributed by atoms with E-state index in [1.807, 2.05) is 24.3 Å². The first-order valence-electron chi connectivity index (χ1n) is 9.80. The molecule has 2 aromatic carbocycles. The summed E-state index contributed by atoms with van der Waals surface area (Å²) in [7, 11) is 1.60. The number of carbonyl (C=O) groups is 1. The highest BCUT2D eigenvalue weighted by Crippen LogP contribution is 2.36. The molecular formula is C22H26N2O4. The zero-order chi connectivity index (χ0) is 19.3. The van der Waals surface area contributed by atoms with Crippen molar-refractivity contribution in [1.82, 2.24) is 10.2 Å². The third-order valence-corrected chi connectivity index (χ3v) is 5.40. The zero-order valence-corrected chi connectivity index (χ0v) is 16.1. The summed E-state index contributed by atoms with van der Waals surface area (Å²) in [6.45, 7) is 2.87.